The summed E-state index contributed by atoms with van der Waals surface area (Å²) in [5.74, 6) is 0.614. The summed E-state index contributed by atoms with van der Waals surface area (Å²) in [6.45, 7) is 9.32. The molecule has 1 aliphatic heterocycles. The minimum Gasteiger partial charge on any atom is -0.354 e. The zero-order chi connectivity index (χ0) is 19.3. The average molecular weight is 493 g/mol. The van der Waals surface area contributed by atoms with E-state index in [2.05, 4.69) is 15.6 Å². The van der Waals surface area contributed by atoms with Crippen molar-refractivity contribution in [3.8, 4) is 0 Å². The number of aliphatic imine (C=N–C) groups is 1. The molecule has 0 aliphatic carbocycles. The third-order valence-corrected chi connectivity index (χ3v) is 4.22. The molecule has 2 N–H and O–H groups in total. The number of piperazine rings is 1. The molecule has 10 heteroatoms. The van der Waals surface area contributed by atoms with Crippen LogP contribution < -0.4 is 10.6 Å². The first-order valence-corrected chi connectivity index (χ1v) is 8.51. The third kappa shape index (κ3) is 7.85. The van der Waals surface area contributed by atoms with Gasteiger partial charge in [-0.05, 0) is 6.92 Å². The molecule has 0 radical (unpaired) electrons. The number of nitrogens with zero attached hydrogens (tertiary/aromatic N) is 3. The summed E-state index contributed by atoms with van der Waals surface area (Å²) in [5, 5.41) is 5.98. The predicted molar refractivity (Wildman–Crippen MR) is 108 cm³/mol. The molecule has 6 nitrogen and oxygen atoms in total. The summed E-state index contributed by atoms with van der Waals surface area (Å²) < 4.78 is 38.4. The molecule has 1 unspecified atom stereocenters. The molecule has 1 atom stereocenters. The largest absolute Gasteiger partial charge is 0.403 e. The van der Waals surface area contributed by atoms with Crippen molar-refractivity contribution in [2.45, 2.75) is 39.9 Å². The van der Waals surface area contributed by atoms with Crippen LogP contribution in [0, 0.1) is 5.41 Å². The van der Waals surface area contributed by atoms with Gasteiger partial charge in [0.2, 0.25) is 5.91 Å². The second-order valence-corrected chi connectivity index (χ2v) is 7.22. The minimum absolute atomic E-state index is 0. The van der Waals surface area contributed by atoms with Crippen LogP contribution in [-0.2, 0) is 4.79 Å². The highest BCUT2D eigenvalue weighted by molar-refractivity contribution is 14.0. The van der Waals surface area contributed by atoms with E-state index in [-0.39, 0.29) is 29.9 Å². The Hall–Kier alpha value is -0.780. The highest BCUT2D eigenvalue weighted by atomic mass is 127. The van der Waals surface area contributed by atoms with Crippen molar-refractivity contribution in [2.75, 3.05) is 46.3 Å². The standard InChI is InChI=1S/C16H30F3N5O.HI/c1-12(16(17,18)19)23-8-10-24(11-9-23)14(20-5)22-7-6-21-13(25)15(2,3)4;/h12H,6-11H2,1-5H3,(H,20,22)(H,21,25);1H. The molecule has 1 fully saturated rings. The van der Waals surface area contributed by atoms with Crippen LogP contribution in [0.5, 0.6) is 0 Å². The number of alkyl halides is 3. The second kappa shape index (κ2) is 10.5. The Balaban J connectivity index is 0.00000625. The lowest BCUT2D eigenvalue weighted by atomic mass is 9.96. The van der Waals surface area contributed by atoms with Crippen LogP contribution in [0.25, 0.3) is 0 Å². The van der Waals surface area contributed by atoms with Crippen LogP contribution in [0.3, 0.4) is 0 Å². The molecule has 26 heavy (non-hydrogen) atoms. The molecule has 154 valence electrons. The fourth-order valence-electron chi connectivity index (χ4n) is 2.48. The van der Waals surface area contributed by atoms with Gasteiger partial charge in [0.15, 0.2) is 5.96 Å². The molecule has 0 aromatic rings. The van der Waals surface area contributed by atoms with Crippen molar-refractivity contribution in [3.63, 3.8) is 0 Å². The van der Waals surface area contributed by atoms with E-state index in [1.165, 1.54) is 11.8 Å². The van der Waals surface area contributed by atoms with Crippen molar-refractivity contribution in [3.05, 3.63) is 0 Å². The van der Waals surface area contributed by atoms with Gasteiger partial charge in [-0.15, -0.1) is 24.0 Å². The van der Waals surface area contributed by atoms with Gasteiger partial charge < -0.3 is 15.5 Å². The SMILES string of the molecule is CN=C(NCCNC(=O)C(C)(C)C)N1CCN(C(C)C(F)(F)F)CC1.I. The molecule has 0 bridgehead atoms. The highest BCUT2D eigenvalue weighted by Gasteiger charge is 2.41. The Kier molecular flexibility index (Phi) is 10.2. The Morgan fingerprint density at radius 2 is 1.58 bits per heavy atom. The lowest BCUT2D eigenvalue weighted by molar-refractivity contribution is -0.181. The van der Waals surface area contributed by atoms with Crippen molar-refractivity contribution in [1.29, 1.82) is 0 Å². The molecule has 0 aromatic heterocycles. The zero-order valence-corrected chi connectivity index (χ0v) is 18.4. The number of halogens is 4. The quantitative estimate of drug-likeness (QED) is 0.272. The molecule has 0 saturated carbocycles. The number of carbonyl (C=O) groups excluding carboxylic acids is 1. The molecule has 1 aliphatic rings. The zero-order valence-electron chi connectivity index (χ0n) is 16.1. The van der Waals surface area contributed by atoms with Gasteiger partial charge in [0.1, 0.15) is 6.04 Å². The Labute approximate surface area is 171 Å². The lowest BCUT2D eigenvalue weighted by Gasteiger charge is -2.39. The van der Waals surface area contributed by atoms with E-state index in [1.54, 1.807) is 7.05 Å². The maximum absolute atomic E-state index is 12.8. The number of amides is 1. The monoisotopic (exact) mass is 493 g/mol. The van der Waals surface area contributed by atoms with Crippen molar-refractivity contribution in [1.82, 2.24) is 20.4 Å². The van der Waals surface area contributed by atoms with Crippen molar-refractivity contribution >= 4 is 35.8 Å². The molecule has 1 amide bonds. The van der Waals surface area contributed by atoms with Crippen LogP contribution >= 0.6 is 24.0 Å². The number of guanidine groups is 1. The first-order chi connectivity index (χ1) is 11.5. The van der Waals surface area contributed by atoms with E-state index in [4.69, 9.17) is 0 Å². The van der Waals surface area contributed by atoms with Crippen LogP contribution in [-0.4, -0.2) is 80.2 Å². The van der Waals surface area contributed by atoms with Gasteiger partial charge in [-0.3, -0.25) is 14.7 Å². The molecular formula is C16H31F3IN5O. The van der Waals surface area contributed by atoms with Gasteiger partial charge in [0.25, 0.3) is 0 Å². The fraction of sp³-hybridized carbons (Fsp3) is 0.875. The summed E-state index contributed by atoms with van der Waals surface area (Å²) in [6, 6.07) is -1.43. The first-order valence-electron chi connectivity index (χ1n) is 8.51. The van der Waals surface area contributed by atoms with E-state index in [1.807, 2.05) is 25.7 Å². The maximum Gasteiger partial charge on any atom is 0.403 e. The Bertz CT molecular complexity index is 471. The van der Waals surface area contributed by atoms with Crippen molar-refractivity contribution in [2.24, 2.45) is 10.4 Å². The van der Waals surface area contributed by atoms with Gasteiger partial charge in [-0.1, -0.05) is 20.8 Å². The van der Waals surface area contributed by atoms with Gasteiger partial charge in [-0.25, -0.2) is 0 Å². The first kappa shape index (κ1) is 25.2. The summed E-state index contributed by atoms with van der Waals surface area (Å²) in [7, 11) is 1.64. The maximum atomic E-state index is 12.8. The Morgan fingerprint density at radius 1 is 1.08 bits per heavy atom. The summed E-state index contributed by atoms with van der Waals surface area (Å²) >= 11 is 0. The van der Waals surface area contributed by atoms with Gasteiger partial charge in [0, 0.05) is 51.7 Å². The second-order valence-electron chi connectivity index (χ2n) is 7.22. The van der Waals surface area contributed by atoms with E-state index < -0.39 is 17.6 Å². The van der Waals surface area contributed by atoms with E-state index in [9.17, 15) is 18.0 Å². The summed E-state index contributed by atoms with van der Waals surface area (Å²) in [5.41, 5.74) is -0.437. The molecule has 1 rings (SSSR count). The van der Waals surface area contributed by atoms with Crippen LogP contribution in [0.4, 0.5) is 13.2 Å². The van der Waals surface area contributed by atoms with E-state index in [0.717, 1.165) is 0 Å². The van der Waals surface area contributed by atoms with E-state index >= 15 is 0 Å². The smallest absolute Gasteiger partial charge is 0.354 e. The van der Waals surface area contributed by atoms with E-state index in [0.29, 0.717) is 45.2 Å². The van der Waals surface area contributed by atoms with Crippen molar-refractivity contribution < 1.29 is 18.0 Å². The number of hydrogen-bond donors (Lipinski definition) is 2. The molecule has 1 saturated heterocycles. The molecule has 0 aromatic carbocycles. The molecular weight excluding hydrogens is 462 g/mol. The normalized spacial score (nSPS) is 18.2. The average Bonchev–Trinajstić information content (AvgIpc) is 2.52. The van der Waals surface area contributed by atoms with Crippen LogP contribution in [0.15, 0.2) is 4.99 Å². The predicted octanol–water partition coefficient (Wildman–Crippen LogP) is 1.91. The van der Waals surface area contributed by atoms with Crippen LogP contribution in [0.1, 0.15) is 27.7 Å². The van der Waals surface area contributed by atoms with Gasteiger partial charge in [-0.2, -0.15) is 13.2 Å². The van der Waals surface area contributed by atoms with Gasteiger partial charge >= 0.3 is 6.18 Å². The van der Waals surface area contributed by atoms with Crippen LogP contribution in [0.2, 0.25) is 0 Å². The number of hydrogen-bond acceptors (Lipinski definition) is 3. The Morgan fingerprint density at radius 3 is 2.00 bits per heavy atom. The highest BCUT2D eigenvalue weighted by Crippen LogP contribution is 2.25. The fourth-order valence-corrected chi connectivity index (χ4v) is 2.48. The molecule has 0 spiro atoms. The number of rotatable bonds is 4. The topological polar surface area (TPSA) is 60.0 Å². The lowest BCUT2D eigenvalue weighted by Crippen LogP contribution is -2.57. The number of nitrogens with one attached hydrogen (secondary N) is 2. The summed E-state index contributed by atoms with van der Waals surface area (Å²) in [6.07, 6.45) is -4.20. The van der Waals surface area contributed by atoms with Gasteiger partial charge in [0.05, 0.1) is 0 Å². The summed E-state index contributed by atoms with van der Waals surface area (Å²) in [4.78, 5) is 19.3. The number of carbonyl (C=O) groups is 1. The molecule has 1 heterocycles. The third-order valence-electron chi connectivity index (χ3n) is 4.22. The minimum atomic E-state index is -4.20.